The van der Waals surface area contributed by atoms with Crippen LogP contribution in [-0.4, -0.2) is 45.4 Å². The molecule has 0 unspecified atom stereocenters. The van der Waals surface area contributed by atoms with Crippen LogP contribution in [-0.2, 0) is 10.0 Å². The molecule has 0 saturated heterocycles. The van der Waals surface area contributed by atoms with E-state index in [1.807, 2.05) is 13.0 Å². The maximum atomic E-state index is 12.6. The second-order valence-electron chi connectivity index (χ2n) is 6.29. The first kappa shape index (κ1) is 20.9. The molecular formula is C20H27N3O3S. The highest BCUT2D eigenvalue weighted by atomic mass is 32.2. The van der Waals surface area contributed by atoms with Gasteiger partial charge in [0.25, 0.3) is 15.9 Å². The van der Waals surface area contributed by atoms with Gasteiger partial charge in [-0.1, -0.05) is 32.0 Å². The Labute approximate surface area is 161 Å². The number of carbonyl (C=O) groups excluding carboxylic acids is 1. The van der Waals surface area contributed by atoms with E-state index in [9.17, 15) is 13.2 Å². The SMILES string of the molecule is CCN(CC)CCNC(=O)c1cccc(S(=O)(=O)Nc2cccc(C)c2)c1. The summed E-state index contributed by atoms with van der Waals surface area (Å²) in [6.07, 6.45) is 0. The van der Waals surface area contributed by atoms with Crippen LogP contribution < -0.4 is 10.0 Å². The minimum absolute atomic E-state index is 0.0559. The van der Waals surface area contributed by atoms with E-state index < -0.39 is 10.0 Å². The fourth-order valence-corrected chi connectivity index (χ4v) is 3.79. The molecule has 0 fully saturated rings. The average molecular weight is 390 g/mol. The van der Waals surface area contributed by atoms with Crippen LogP contribution in [0.25, 0.3) is 0 Å². The highest BCUT2D eigenvalue weighted by molar-refractivity contribution is 7.92. The lowest BCUT2D eigenvalue weighted by molar-refractivity contribution is 0.0948. The number of nitrogens with one attached hydrogen (secondary N) is 2. The molecule has 1 amide bonds. The molecule has 2 rings (SSSR count). The third-order valence-corrected chi connectivity index (χ3v) is 5.66. The smallest absolute Gasteiger partial charge is 0.261 e. The number of amides is 1. The summed E-state index contributed by atoms with van der Waals surface area (Å²) >= 11 is 0. The molecule has 6 nitrogen and oxygen atoms in total. The Morgan fingerprint density at radius 3 is 2.41 bits per heavy atom. The number of benzene rings is 2. The Kier molecular flexibility index (Phi) is 7.38. The summed E-state index contributed by atoms with van der Waals surface area (Å²) in [5.41, 5.74) is 1.77. The zero-order chi connectivity index (χ0) is 19.9. The summed E-state index contributed by atoms with van der Waals surface area (Å²) in [6, 6.07) is 13.2. The molecular weight excluding hydrogens is 362 g/mol. The molecule has 0 spiro atoms. The zero-order valence-electron chi connectivity index (χ0n) is 16.0. The van der Waals surface area contributed by atoms with Crippen LogP contribution >= 0.6 is 0 Å². The van der Waals surface area contributed by atoms with Crippen LogP contribution in [0.4, 0.5) is 5.69 Å². The van der Waals surface area contributed by atoms with Gasteiger partial charge in [-0.15, -0.1) is 0 Å². The van der Waals surface area contributed by atoms with Gasteiger partial charge in [0, 0.05) is 24.3 Å². The lowest BCUT2D eigenvalue weighted by Gasteiger charge is -2.18. The third-order valence-electron chi connectivity index (χ3n) is 4.28. The van der Waals surface area contributed by atoms with Gasteiger partial charge in [0.1, 0.15) is 0 Å². The van der Waals surface area contributed by atoms with Gasteiger partial charge in [-0.2, -0.15) is 0 Å². The lowest BCUT2D eigenvalue weighted by Crippen LogP contribution is -2.34. The molecule has 2 aromatic carbocycles. The van der Waals surface area contributed by atoms with E-state index in [1.165, 1.54) is 12.1 Å². The summed E-state index contributed by atoms with van der Waals surface area (Å²) in [6.45, 7) is 9.14. The van der Waals surface area contributed by atoms with E-state index in [0.29, 0.717) is 17.8 Å². The van der Waals surface area contributed by atoms with Crippen molar-refractivity contribution in [3.63, 3.8) is 0 Å². The minimum atomic E-state index is -3.77. The first-order valence-electron chi connectivity index (χ1n) is 9.05. The van der Waals surface area contributed by atoms with Crippen LogP contribution in [0.2, 0.25) is 0 Å². The lowest BCUT2D eigenvalue weighted by atomic mass is 10.2. The van der Waals surface area contributed by atoms with Crippen molar-refractivity contribution in [2.24, 2.45) is 0 Å². The fourth-order valence-electron chi connectivity index (χ4n) is 2.70. The number of hydrogen-bond acceptors (Lipinski definition) is 4. The summed E-state index contributed by atoms with van der Waals surface area (Å²) in [5, 5.41) is 2.84. The van der Waals surface area contributed by atoms with Gasteiger partial charge in [0.2, 0.25) is 0 Å². The molecule has 27 heavy (non-hydrogen) atoms. The van der Waals surface area contributed by atoms with Crippen molar-refractivity contribution in [1.82, 2.24) is 10.2 Å². The number of hydrogen-bond donors (Lipinski definition) is 2. The number of nitrogens with zero attached hydrogens (tertiary/aromatic N) is 1. The average Bonchev–Trinajstić information content (AvgIpc) is 2.65. The molecule has 0 aliphatic heterocycles. The fraction of sp³-hybridized carbons (Fsp3) is 0.350. The second kappa shape index (κ2) is 9.53. The Morgan fingerprint density at radius 1 is 1.04 bits per heavy atom. The highest BCUT2D eigenvalue weighted by Crippen LogP contribution is 2.18. The maximum Gasteiger partial charge on any atom is 0.261 e. The third kappa shape index (κ3) is 6.08. The maximum absolute atomic E-state index is 12.6. The van der Waals surface area contributed by atoms with Crippen molar-refractivity contribution in [2.45, 2.75) is 25.7 Å². The molecule has 7 heteroatoms. The highest BCUT2D eigenvalue weighted by Gasteiger charge is 2.16. The number of rotatable bonds is 9. The van der Waals surface area contributed by atoms with Gasteiger partial charge in [0.05, 0.1) is 4.90 Å². The zero-order valence-corrected chi connectivity index (χ0v) is 16.8. The van der Waals surface area contributed by atoms with Crippen LogP contribution in [0.15, 0.2) is 53.4 Å². The molecule has 2 aromatic rings. The Balaban J connectivity index is 2.08. The number of sulfonamides is 1. The molecule has 2 N–H and O–H groups in total. The second-order valence-corrected chi connectivity index (χ2v) is 7.97. The van der Waals surface area contributed by atoms with E-state index in [2.05, 4.69) is 28.8 Å². The van der Waals surface area contributed by atoms with Crippen LogP contribution in [0.5, 0.6) is 0 Å². The molecule has 0 heterocycles. The number of carbonyl (C=O) groups is 1. The first-order chi connectivity index (χ1) is 12.9. The van der Waals surface area contributed by atoms with E-state index >= 15 is 0 Å². The van der Waals surface area contributed by atoms with Gasteiger partial charge in [-0.3, -0.25) is 9.52 Å². The predicted octanol–water partition coefficient (Wildman–Crippen LogP) is 2.87. The van der Waals surface area contributed by atoms with Gasteiger partial charge < -0.3 is 10.2 Å². The van der Waals surface area contributed by atoms with Crippen molar-refractivity contribution < 1.29 is 13.2 Å². The quantitative estimate of drug-likeness (QED) is 0.691. The van der Waals surface area contributed by atoms with Gasteiger partial charge >= 0.3 is 0 Å². The van der Waals surface area contributed by atoms with Crippen molar-refractivity contribution in [3.8, 4) is 0 Å². The normalized spacial score (nSPS) is 11.4. The van der Waals surface area contributed by atoms with Crippen molar-refractivity contribution in [1.29, 1.82) is 0 Å². The Hall–Kier alpha value is -2.38. The molecule has 0 aliphatic rings. The standard InChI is InChI=1S/C20H27N3O3S/c1-4-23(5-2)13-12-21-20(24)17-9-7-11-19(15-17)27(25,26)22-18-10-6-8-16(3)14-18/h6-11,14-15,22H,4-5,12-13H2,1-3H3,(H,21,24). The van der Waals surface area contributed by atoms with Crippen molar-refractivity contribution >= 4 is 21.6 Å². The summed E-state index contributed by atoms with van der Waals surface area (Å²) < 4.78 is 27.8. The number of anilines is 1. The number of likely N-dealkylation sites (N-methyl/N-ethyl adjacent to an activating group) is 1. The van der Waals surface area contributed by atoms with Crippen molar-refractivity contribution in [3.05, 3.63) is 59.7 Å². The molecule has 0 atom stereocenters. The topological polar surface area (TPSA) is 78.5 Å². The number of aryl methyl sites for hydroxylation is 1. The summed E-state index contributed by atoms with van der Waals surface area (Å²) in [4.78, 5) is 14.6. The van der Waals surface area contributed by atoms with E-state index in [0.717, 1.165) is 25.2 Å². The molecule has 146 valence electrons. The van der Waals surface area contributed by atoms with Crippen LogP contribution in [0.1, 0.15) is 29.8 Å². The summed E-state index contributed by atoms with van der Waals surface area (Å²) in [5.74, 6) is -0.283. The molecule has 0 aliphatic carbocycles. The van der Waals surface area contributed by atoms with E-state index in [4.69, 9.17) is 0 Å². The van der Waals surface area contributed by atoms with Crippen LogP contribution in [0, 0.1) is 6.92 Å². The largest absolute Gasteiger partial charge is 0.351 e. The first-order valence-corrected chi connectivity index (χ1v) is 10.5. The van der Waals surface area contributed by atoms with Gasteiger partial charge in [-0.25, -0.2) is 8.42 Å². The molecule has 0 saturated carbocycles. The molecule has 0 bridgehead atoms. The monoisotopic (exact) mass is 389 g/mol. The van der Waals surface area contributed by atoms with Crippen molar-refractivity contribution in [2.75, 3.05) is 30.9 Å². The Bertz CT molecular complexity index is 878. The summed E-state index contributed by atoms with van der Waals surface area (Å²) in [7, 11) is -3.77. The van der Waals surface area contributed by atoms with Gasteiger partial charge in [-0.05, 0) is 55.9 Å². The predicted molar refractivity (Wildman–Crippen MR) is 109 cm³/mol. The van der Waals surface area contributed by atoms with E-state index in [1.54, 1.807) is 30.3 Å². The van der Waals surface area contributed by atoms with Gasteiger partial charge in [0.15, 0.2) is 0 Å². The Morgan fingerprint density at radius 2 is 1.74 bits per heavy atom. The van der Waals surface area contributed by atoms with E-state index in [-0.39, 0.29) is 10.8 Å². The molecule has 0 radical (unpaired) electrons. The minimum Gasteiger partial charge on any atom is -0.351 e. The molecule has 0 aromatic heterocycles. The van der Waals surface area contributed by atoms with Crippen LogP contribution in [0.3, 0.4) is 0 Å².